The van der Waals surface area contributed by atoms with Crippen molar-refractivity contribution in [3.8, 4) is 0 Å². The van der Waals surface area contributed by atoms with E-state index >= 15 is 0 Å². The summed E-state index contributed by atoms with van der Waals surface area (Å²) in [4.78, 5) is 6.43. The Hall–Kier alpha value is -2.23. The molecule has 1 saturated heterocycles. The van der Waals surface area contributed by atoms with Crippen LogP contribution in [0.4, 0.5) is 11.5 Å². The van der Waals surface area contributed by atoms with Gasteiger partial charge in [0.1, 0.15) is 5.82 Å². The van der Waals surface area contributed by atoms with E-state index in [1.165, 1.54) is 0 Å². The van der Waals surface area contributed by atoms with E-state index in [-0.39, 0.29) is 12.3 Å². The first kappa shape index (κ1) is 20.5. The highest BCUT2D eigenvalue weighted by atomic mass is 32.2. The maximum absolute atomic E-state index is 12.6. The number of para-hydroxylation sites is 1. The molecule has 3 rings (SSSR count). The summed E-state index contributed by atoms with van der Waals surface area (Å²) in [5, 5.41) is 6.50. The lowest BCUT2D eigenvalue weighted by molar-refractivity contribution is 0.384. The molecule has 0 amide bonds. The van der Waals surface area contributed by atoms with Gasteiger partial charge in [0.25, 0.3) is 0 Å². The molecule has 1 aromatic carbocycles. The fourth-order valence-corrected chi connectivity index (χ4v) is 4.59. The maximum Gasteiger partial charge on any atom is 0.215 e. The summed E-state index contributed by atoms with van der Waals surface area (Å²) in [6, 6.07) is 13.5. The Labute approximate surface area is 171 Å². The van der Waals surface area contributed by atoms with Crippen molar-refractivity contribution in [3.05, 3.63) is 54.2 Å². The van der Waals surface area contributed by atoms with Crippen molar-refractivity contribution in [2.45, 2.75) is 6.92 Å². The largest absolute Gasteiger partial charge is 0.361 e. The number of sulfonamides is 1. The van der Waals surface area contributed by atoms with Gasteiger partial charge in [-0.1, -0.05) is 24.3 Å². The molecule has 1 fully saturated rings. The monoisotopic (exact) mass is 419 g/mol. The highest BCUT2D eigenvalue weighted by Crippen LogP contribution is 2.15. The first-order valence-electron chi connectivity index (χ1n) is 9.20. The molecule has 0 aliphatic carbocycles. The SMILES string of the molecule is Cc1ccccc1NC(=S)NCCS(=O)(=O)N1CCN(c2ccccn2)CC1. The van der Waals surface area contributed by atoms with E-state index in [0.29, 0.717) is 31.3 Å². The van der Waals surface area contributed by atoms with Crippen molar-refractivity contribution >= 4 is 38.9 Å². The summed E-state index contributed by atoms with van der Waals surface area (Å²) in [6.07, 6.45) is 1.75. The number of piperazine rings is 1. The van der Waals surface area contributed by atoms with Crippen molar-refractivity contribution in [3.63, 3.8) is 0 Å². The van der Waals surface area contributed by atoms with E-state index in [0.717, 1.165) is 17.1 Å². The van der Waals surface area contributed by atoms with Gasteiger partial charge >= 0.3 is 0 Å². The van der Waals surface area contributed by atoms with Crippen molar-refractivity contribution < 1.29 is 8.42 Å². The van der Waals surface area contributed by atoms with Crippen molar-refractivity contribution in [2.24, 2.45) is 0 Å². The zero-order valence-electron chi connectivity index (χ0n) is 15.8. The van der Waals surface area contributed by atoms with Crippen LogP contribution in [0.1, 0.15) is 5.56 Å². The summed E-state index contributed by atoms with van der Waals surface area (Å²) < 4.78 is 26.8. The number of nitrogens with one attached hydrogen (secondary N) is 2. The third kappa shape index (κ3) is 5.40. The van der Waals surface area contributed by atoms with E-state index < -0.39 is 10.0 Å². The Balaban J connectivity index is 1.44. The number of aromatic nitrogens is 1. The minimum atomic E-state index is -3.33. The Morgan fingerprint density at radius 2 is 1.82 bits per heavy atom. The average molecular weight is 420 g/mol. The van der Waals surface area contributed by atoms with Gasteiger partial charge < -0.3 is 15.5 Å². The molecule has 0 radical (unpaired) electrons. The molecule has 1 aromatic heterocycles. The Kier molecular flexibility index (Phi) is 6.82. The molecule has 9 heteroatoms. The quantitative estimate of drug-likeness (QED) is 0.692. The molecule has 28 heavy (non-hydrogen) atoms. The van der Waals surface area contributed by atoms with Gasteiger partial charge in [-0.2, -0.15) is 4.31 Å². The number of pyridine rings is 1. The first-order chi connectivity index (χ1) is 13.5. The Morgan fingerprint density at radius 3 is 2.50 bits per heavy atom. The third-order valence-electron chi connectivity index (χ3n) is 4.64. The zero-order chi connectivity index (χ0) is 20.0. The highest BCUT2D eigenvalue weighted by molar-refractivity contribution is 7.89. The number of hydrogen-bond donors (Lipinski definition) is 2. The van der Waals surface area contributed by atoms with E-state index in [2.05, 4.69) is 20.5 Å². The van der Waals surface area contributed by atoms with Crippen LogP contribution in [0.5, 0.6) is 0 Å². The smallest absolute Gasteiger partial charge is 0.215 e. The second-order valence-corrected chi connectivity index (χ2v) is 9.08. The van der Waals surface area contributed by atoms with E-state index in [1.54, 1.807) is 10.5 Å². The van der Waals surface area contributed by atoms with Crippen molar-refractivity contribution in [1.82, 2.24) is 14.6 Å². The van der Waals surface area contributed by atoms with Crippen LogP contribution in [0.25, 0.3) is 0 Å². The van der Waals surface area contributed by atoms with Crippen LogP contribution in [0.2, 0.25) is 0 Å². The summed E-state index contributed by atoms with van der Waals surface area (Å²) in [6.45, 7) is 4.45. The minimum absolute atomic E-state index is 0.00613. The predicted molar refractivity (Wildman–Crippen MR) is 117 cm³/mol. The standard InChI is InChI=1S/C19H25N5O2S2/c1-16-6-2-3-7-17(16)22-19(27)21-10-15-28(25,26)24-13-11-23(12-14-24)18-8-4-5-9-20-18/h2-9H,10-15H2,1H3,(H2,21,22,27). The molecule has 2 aromatic rings. The summed E-state index contributed by atoms with van der Waals surface area (Å²) in [5.41, 5.74) is 1.98. The summed E-state index contributed by atoms with van der Waals surface area (Å²) >= 11 is 5.27. The topological polar surface area (TPSA) is 77.6 Å². The number of benzene rings is 1. The third-order valence-corrected chi connectivity index (χ3v) is 6.76. The fraction of sp³-hybridized carbons (Fsp3) is 0.368. The number of hydrogen-bond acceptors (Lipinski definition) is 5. The molecule has 0 unspecified atom stereocenters. The molecular weight excluding hydrogens is 394 g/mol. The van der Waals surface area contributed by atoms with Gasteiger partial charge in [-0.05, 0) is 42.9 Å². The molecule has 0 bridgehead atoms. The van der Waals surface area contributed by atoms with Crippen LogP contribution in [-0.4, -0.2) is 61.3 Å². The highest BCUT2D eigenvalue weighted by Gasteiger charge is 2.27. The fourth-order valence-electron chi connectivity index (χ4n) is 3.04. The van der Waals surface area contributed by atoms with Crippen LogP contribution < -0.4 is 15.5 Å². The number of anilines is 2. The lowest BCUT2D eigenvalue weighted by atomic mass is 10.2. The average Bonchev–Trinajstić information content (AvgIpc) is 2.70. The van der Waals surface area contributed by atoms with Crippen LogP contribution in [0, 0.1) is 6.92 Å². The maximum atomic E-state index is 12.6. The van der Waals surface area contributed by atoms with Gasteiger partial charge in [0.05, 0.1) is 5.75 Å². The molecule has 1 aliphatic heterocycles. The predicted octanol–water partition coefficient (Wildman–Crippen LogP) is 1.83. The van der Waals surface area contributed by atoms with Gasteiger partial charge in [-0.15, -0.1) is 0 Å². The Morgan fingerprint density at radius 1 is 1.11 bits per heavy atom. The molecule has 1 aliphatic rings. The zero-order valence-corrected chi connectivity index (χ0v) is 17.5. The van der Waals surface area contributed by atoms with Gasteiger partial charge in [-0.25, -0.2) is 13.4 Å². The molecule has 0 atom stereocenters. The Bertz CT molecular complexity index is 898. The molecular formula is C19H25N5O2S2. The van der Waals surface area contributed by atoms with Gasteiger partial charge in [0.15, 0.2) is 5.11 Å². The summed E-state index contributed by atoms with van der Waals surface area (Å²) in [5.74, 6) is 0.889. The van der Waals surface area contributed by atoms with Crippen LogP contribution in [0.15, 0.2) is 48.7 Å². The van der Waals surface area contributed by atoms with Gasteiger partial charge in [0.2, 0.25) is 10.0 Å². The van der Waals surface area contributed by atoms with E-state index in [4.69, 9.17) is 12.2 Å². The van der Waals surface area contributed by atoms with E-state index in [9.17, 15) is 8.42 Å². The van der Waals surface area contributed by atoms with Crippen LogP contribution >= 0.6 is 12.2 Å². The van der Waals surface area contributed by atoms with Crippen molar-refractivity contribution in [1.29, 1.82) is 0 Å². The molecule has 2 heterocycles. The minimum Gasteiger partial charge on any atom is -0.361 e. The summed E-state index contributed by atoms with van der Waals surface area (Å²) in [7, 11) is -3.33. The van der Waals surface area contributed by atoms with E-state index in [1.807, 2.05) is 49.4 Å². The van der Waals surface area contributed by atoms with Gasteiger partial charge in [0, 0.05) is 44.6 Å². The van der Waals surface area contributed by atoms with Crippen LogP contribution in [0.3, 0.4) is 0 Å². The molecule has 0 saturated carbocycles. The number of aryl methyl sites for hydroxylation is 1. The number of nitrogens with zero attached hydrogens (tertiary/aromatic N) is 3. The van der Waals surface area contributed by atoms with Gasteiger partial charge in [-0.3, -0.25) is 0 Å². The van der Waals surface area contributed by atoms with Crippen molar-refractivity contribution in [2.75, 3.05) is 48.7 Å². The number of thiocarbonyl (C=S) groups is 1. The lowest BCUT2D eigenvalue weighted by Crippen LogP contribution is -2.50. The lowest BCUT2D eigenvalue weighted by Gasteiger charge is -2.34. The molecule has 0 spiro atoms. The normalized spacial score (nSPS) is 15.2. The second kappa shape index (κ2) is 9.31. The number of rotatable bonds is 6. The molecule has 7 nitrogen and oxygen atoms in total. The molecule has 150 valence electrons. The molecule has 2 N–H and O–H groups in total. The second-order valence-electron chi connectivity index (χ2n) is 6.59. The van der Waals surface area contributed by atoms with Crippen LogP contribution in [-0.2, 0) is 10.0 Å². The first-order valence-corrected chi connectivity index (χ1v) is 11.2.